The highest BCUT2D eigenvalue weighted by atomic mass is 127. The van der Waals surface area contributed by atoms with Crippen LogP contribution in [0.2, 0.25) is 0 Å². The van der Waals surface area contributed by atoms with E-state index in [-0.39, 0.29) is 15.5 Å². The lowest BCUT2D eigenvalue weighted by molar-refractivity contribution is -0.384. The molecule has 0 atom stereocenters. The van der Waals surface area contributed by atoms with Crippen LogP contribution in [0.3, 0.4) is 0 Å². The van der Waals surface area contributed by atoms with Crippen LogP contribution in [-0.4, -0.2) is 32.7 Å². The SMILES string of the molecule is O=[N+]([O-])c1cccc(Nc2nc(I)nc(OCC(F)(F)F)n2)c1. The maximum absolute atomic E-state index is 12.1. The van der Waals surface area contributed by atoms with Gasteiger partial charge in [-0.2, -0.15) is 28.1 Å². The van der Waals surface area contributed by atoms with E-state index >= 15 is 0 Å². The summed E-state index contributed by atoms with van der Waals surface area (Å²) in [6, 6.07) is 4.97. The largest absolute Gasteiger partial charge is 0.454 e. The van der Waals surface area contributed by atoms with Crippen LogP contribution in [0, 0.1) is 13.9 Å². The van der Waals surface area contributed by atoms with Crippen LogP contribution in [0.15, 0.2) is 24.3 Å². The molecule has 0 bridgehead atoms. The van der Waals surface area contributed by atoms with Gasteiger partial charge >= 0.3 is 12.2 Å². The van der Waals surface area contributed by atoms with Crippen molar-refractivity contribution in [1.29, 1.82) is 0 Å². The maximum atomic E-state index is 12.1. The first-order chi connectivity index (χ1) is 10.7. The standard InChI is InChI=1S/C11H7F3IN5O3/c12-11(13,14)5-23-10-18-8(15)17-9(19-10)16-6-2-1-3-7(4-6)20(21)22/h1-4H,5H2,(H,16,17,18,19). The zero-order valence-corrected chi connectivity index (χ0v) is 13.2. The minimum atomic E-state index is -4.52. The van der Waals surface area contributed by atoms with Crippen LogP contribution in [0.1, 0.15) is 0 Å². The van der Waals surface area contributed by atoms with Crippen molar-refractivity contribution < 1.29 is 22.8 Å². The molecule has 1 heterocycles. The first-order valence-electron chi connectivity index (χ1n) is 5.85. The summed E-state index contributed by atoms with van der Waals surface area (Å²) in [5.41, 5.74) is 0.135. The lowest BCUT2D eigenvalue weighted by Gasteiger charge is -2.09. The number of nitro benzene ring substituents is 1. The van der Waals surface area contributed by atoms with Gasteiger partial charge in [-0.3, -0.25) is 10.1 Å². The second kappa shape index (κ2) is 6.89. The fourth-order valence-corrected chi connectivity index (χ4v) is 1.86. The zero-order chi connectivity index (χ0) is 17.0. The molecule has 12 heteroatoms. The number of rotatable bonds is 5. The van der Waals surface area contributed by atoms with Gasteiger partial charge in [0.15, 0.2) is 10.4 Å². The minimum absolute atomic E-state index is 0.0953. The Balaban J connectivity index is 2.18. The molecule has 0 fully saturated rings. The predicted molar refractivity (Wildman–Crippen MR) is 80.5 cm³/mol. The minimum Gasteiger partial charge on any atom is -0.454 e. The Kier molecular flexibility index (Phi) is 5.12. The van der Waals surface area contributed by atoms with E-state index in [0.29, 0.717) is 5.69 Å². The van der Waals surface area contributed by atoms with Gasteiger partial charge in [-0.1, -0.05) is 6.07 Å². The predicted octanol–water partition coefficient (Wildman–Crippen LogP) is 3.07. The molecule has 0 aliphatic heterocycles. The normalized spacial score (nSPS) is 11.1. The van der Waals surface area contributed by atoms with Crippen molar-refractivity contribution in [3.8, 4) is 6.01 Å². The van der Waals surface area contributed by atoms with Gasteiger partial charge in [-0.05, 0) is 6.07 Å². The van der Waals surface area contributed by atoms with Gasteiger partial charge in [0.1, 0.15) is 0 Å². The van der Waals surface area contributed by atoms with E-state index in [2.05, 4.69) is 25.0 Å². The van der Waals surface area contributed by atoms with Gasteiger partial charge in [0.25, 0.3) is 5.69 Å². The molecule has 2 rings (SSSR count). The Morgan fingerprint density at radius 2 is 2.04 bits per heavy atom. The van der Waals surface area contributed by atoms with Crippen molar-refractivity contribution in [2.24, 2.45) is 0 Å². The van der Waals surface area contributed by atoms with Crippen molar-refractivity contribution in [2.75, 3.05) is 11.9 Å². The molecule has 1 aromatic carbocycles. The van der Waals surface area contributed by atoms with Gasteiger partial charge in [0, 0.05) is 40.4 Å². The zero-order valence-electron chi connectivity index (χ0n) is 11.0. The Morgan fingerprint density at radius 3 is 2.70 bits per heavy atom. The van der Waals surface area contributed by atoms with Crippen LogP contribution in [-0.2, 0) is 0 Å². The summed E-state index contributed by atoms with van der Waals surface area (Å²) in [5.74, 6) is -0.0953. The Morgan fingerprint density at radius 1 is 1.30 bits per heavy atom. The van der Waals surface area contributed by atoms with E-state index in [1.165, 1.54) is 24.3 Å². The molecule has 122 valence electrons. The maximum Gasteiger partial charge on any atom is 0.422 e. The third kappa shape index (κ3) is 5.46. The third-order valence-corrected chi connectivity index (χ3v) is 2.75. The number of hydrogen-bond acceptors (Lipinski definition) is 7. The summed E-state index contributed by atoms with van der Waals surface area (Å²) in [4.78, 5) is 21.3. The number of nitrogens with one attached hydrogen (secondary N) is 1. The quantitative estimate of drug-likeness (QED) is 0.432. The molecule has 0 radical (unpaired) electrons. The van der Waals surface area contributed by atoms with Crippen molar-refractivity contribution in [2.45, 2.75) is 6.18 Å². The molecule has 1 N–H and O–H groups in total. The Bertz CT molecular complexity index is 728. The summed E-state index contributed by atoms with van der Waals surface area (Å²) in [6.45, 7) is -1.54. The highest BCUT2D eigenvalue weighted by Gasteiger charge is 2.29. The summed E-state index contributed by atoms with van der Waals surface area (Å²) in [7, 11) is 0. The van der Waals surface area contributed by atoms with Crippen LogP contribution in [0.4, 0.5) is 30.5 Å². The van der Waals surface area contributed by atoms with Gasteiger partial charge in [-0.15, -0.1) is 0 Å². The van der Waals surface area contributed by atoms with E-state index in [4.69, 9.17) is 0 Å². The fraction of sp³-hybridized carbons (Fsp3) is 0.182. The number of alkyl halides is 3. The monoisotopic (exact) mass is 441 g/mol. The molecule has 1 aromatic heterocycles. The molecule has 0 saturated heterocycles. The molecule has 0 aliphatic carbocycles. The first kappa shape index (κ1) is 17.1. The number of halogens is 4. The van der Waals surface area contributed by atoms with Crippen LogP contribution in [0.25, 0.3) is 0 Å². The molecule has 0 spiro atoms. The van der Waals surface area contributed by atoms with Gasteiger partial charge < -0.3 is 10.1 Å². The molecular weight excluding hydrogens is 434 g/mol. The third-order valence-electron chi connectivity index (χ3n) is 2.27. The van der Waals surface area contributed by atoms with Crippen molar-refractivity contribution in [3.63, 3.8) is 0 Å². The number of anilines is 2. The van der Waals surface area contributed by atoms with E-state index in [0.717, 1.165) is 0 Å². The molecule has 2 aromatic rings. The number of ether oxygens (including phenoxy) is 1. The van der Waals surface area contributed by atoms with Crippen molar-refractivity contribution in [1.82, 2.24) is 15.0 Å². The summed E-state index contributed by atoms with van der Waals surface area (Å²) in [6.07, 6.45) is -4.52. The van der Waals surface area contributed by atoms with Crippen molar-refractivity contribution in [3.05, 3.63) is 38.2 Å². The molecule has 23 heavy (non-hydrogen) atoms. The van der Waals surface area contributed by atoms with E-state index in [1.807, 2.05) is 0 Å². The molecular formula is C11H7F3IN5O3. The first-order valence-corrected chi connectivity index (χ1v) is 6.93. The number of nitrogens with zero attached hydrogens (tertiary/aromatic N) is 4. The van der Waals surface area contributed by atoms with E-state index in [9.17, 15) is 23.3 Å². The second-order valence-electron chi connectivity index (χ2n) is 4.05. The van der Waals surface area contributed by atoms with Crippen LogP contribution in [0.5, 0.6) is 6.01 Å². The smallest absolute Gasteiger partial charge is 0.422 e. The highest BCUT2D eigenvalue weighted by Crippen LogP contribution is 2.21. The second-order valence-corrected chi connectivity index (χ2v) is 5.01. The number of aromatic nitrogens is 3. The summed E-state index contributed by atoms with van der Waals surface area (Å²) < 4.78 is 40.9. The highest BCUT2D eigenvalue weighted by molar-refractivity contribution is 14.1. The van der Waals surface area contributed by atoms with Crippen LogP contribution < -0.4 is 10.1 Å². The molecule has 8 nitrogen and oxygen atoms in total. The van der Waals surface area contributed by atoms with Crippen LogP contribution >= 0.6 is 22.6 Å². The average molecular weight is 441 g/mol. The molecule has 0 amide bonds. The Labute approximate surface area is 140 Å². The molecule has 0 unspecified atom stereocenters. The van der Waals surface area contributed by atoms with Gasteiger partial charge in [0.05, 0.1) is 4.92 Å². The van der Waals surface area contributed by atoms with E-state index < -0.39 is 23.7 Å². The lowest BCUT2D eigenvalue weighted by atomic mass is 10.3. The topological polar surface area (TPSA) is 103 Å². The number of non-ortho nitro benzene ring substituents is 1. The van der Waals surface area contributed by atoms with E-state index in [1.54, 1.807) is 22.6 Å². The molecule has 0 aliphatic rings. The molecule has 0 saturated carbocycles. The average Bonchev–Trinajstić information content (AvgIpc) is 2.44. The lowest BCUT2D eigenvalue weighted by Crippen LogP contribution is -2.20. The number of hydrogen-bond donors (Lipinski definition) is 1. The number of benzene rings is 1. The summed E-state index contributed by atoms with van der Waals surface area (Å²) >= 11 is 1.68. The van der Waals surface area contributed by atoms with Gasteiger partial charge in [-0.25, -0.2) is 0 Å². The van der Waals surface area contributed by atoms with Gasteiger partial charge in [0.2, 0.25) is 5.95 Å². The number of nitro groups is 1. The fourth-order valence-electron chi connectivity index (χ4n) is 1.43. The van der Waals surface area contributed by atoms with Crippen molar-refractivity contribution >= 4 is 39.9 Å². The Hall–Kier alpha value is -2.25. The summed E-state index contributed by atoms with van der Waals surface area (Å²) in [5, 5.41) is 13.3.